The van der Waals surface area contributed by atoms with Gasteiger partial charge >= 0.3 is 5.69 Å². The molecular weight excluding hydrogens is 316 g/mol. The molecular formula is C15H18N4O3S. The van der Waals surface area contributed by atoms with Crippen LogP contribution in [0.3, 0.4) is 0 Å². The molecule has 1 aromatic carbocycles. The number of aromatic nitrogens is 3. The number of rotatable bonds is 6. The van der Waals surface area contributed by atoms with Gasteiger partial charge in [-0.15, -0.1) is 0 Å². The molecule has 7 nitrogen and oxygen atoms in total. The number of carbonyl (C=O) groups excluding carboxylic acids is 1. The quantitative estimate of drug-likeness (QED) is 0.694. The average molecular weight is 334 g/mol. The van der Waals surface area contributed by atoms with E-state index in [4.69, 9.17) is 0 Å². The van der Waals surface area contributed by atoms with E-state index >= 15 is 0 Å². The molecule has 1 amide bonds. The van der Waals surface area contributed by atoms with Crippen LogP contribution in [0.1, 0.15) is 25.8 Å². The van der Waals surface area contributed by atoms with Crippen molar-refractivity contribution in [3.8, 4) is 0 Å². The third-order valence-corrected chi connectivity index (χ3v) is 4.56. The highest BCUT2D eigenvalue weighted by atomic mass is 32.2. The monoisotopic (exact) mass is 334 g/mol. The Balaban J connectivity index is 2.08. The summed E-state index contributed by atoms with van der Waals surface area (Å²) in [7, 11) is 0. The molecule has 1 aromatic heterocycles. The fraction of sp³-hybridized carbons (Fsp3) is 0.333. The van der Waals surface area contributed by atoms with Crippen LogP contribution in [0.25, 0.3) is 0 Å². The zero-order valence-electron chi connectivity index (χ0n) is 12.9. The third kappa shape index (κ3) is 4.56. The summed E-state index contributed by atoms with van der Waals surface area (Å²) < 4.78 is 0. The topological polar surface area (TPSA) is 108 Å². The predicted octanol–water partition coefficient (Wildman–Crippen LogP) is 1.53. The highest BCUT2D eigenvalue weighted by Gasteiger charge is 2.20. The molecule has 0 spiro atoms. The molecule has 2 aromatic rings. The molecule has 122 valence electrons. The maximum Gasteiger partial charge on any atom is 0.342 e. The Kier molecular flexibility index (Phi) is 5.75. The second-order valence-electron chi connectivity index (χ2n) is 4.87. The lowest BCUT2D eigenvalue weighted by Crippen LogP contribution is -2.29. The van der Waals surface area contributed by atoms with Crippen LogP contribution in [0.5, 0.6) is 0 Å². The van der Waals surface area contributed by atoms with Gasteiger partial charge in [-0.05, 0) is 30.5 Å². The smallest absolute Gasteiger partial charge is 0.325 e. The van der Waals surface area contributed by atoms with Crippen LogP contribution in [0.2, 0.25) is 0 Å². The maximum atomic E-state index is 12.3. The minimum Gasteiger partial charge on any atom is -0.325 e. The SMILES string of the molecule is CCc1ccc(NC(=O)C(CC)Sc2n[nH]c(=O)[nH]c2=O)cc1. The van der Waals surface area contributed by atoms with Crippen molar-refractivity contribution < 1.29 is 4.79 Å². The molecule has 0 bridgehead atoms. The lowest BCUT2D eigenvalue weighted by molar-refractivity contribution is -0.115. The minimum atomic E-state index is -0.673. The summed E-state index contributed by atoms with van der Waals surface area (Å²) in [6.07, 6.45) is 1.45. The third-order valence-electron chi connectivity index (χ3n) is 3.23. The summed E-state index contributed by atoms with van der Waals surface area (Å²) in [5.74, 6) is -0.214. The predicted molar refractivity (Wildman–Crippen MR) is 89.9 cm³/mol. The number of aromatic amines is 2. The Labute approximate surface area is 136 Å². The number of hydrogen-bond donors (Lipinski definition) is 3. The van der Waals surface area contributed by atoms with Gasteiger partial charge in [-0.2, -0.15) is 5.10 Å². The highest BCUT2D eigenvalue weighted by Crippen LogP contribution is 2.22. The van der Waals surface area contributed by atoms with Gasteiger partial charge in [0.05, 0.1) is 5.25 Å². The second-order valence-corrected chi connectivity index (χ2v) is 6.06. The molecule has 23 heavy (non-hydrogen) atoms. The van der Waals surface area contributed by atoms with Gasteiger partial charge in [-0.25, -0.2) is 9.89 Å². The van der Waals surface area contributed by atoms with Crippen LogP contribution >= 0.6 is 11.8 Å². The van der Waals surface area contributed by atoms with E-state index in [9.17, 15) is 14.4 Å². The molecule has 1 unspecified atom stereocenters. The van der Waals surface area contributed by atoms with E-state index in [0.29, 0.717) is 12.1 Å². The van der Waals surface area contributed by atoms with Crippen molar-refractivity contribution in [2.75, 3.05) is 5.32 Å². The summed E-state index contributed by atoms with van der Waals surface area (Å²) in [6, 6.07) is 7.61. The Hall–Kier alpha value is -2.35. The van der Waals surface area contributed by atoms with Crippen LogP contribution in [-0.2, 0) is 11.2 Å². The first-order valence-electron chi connectivity index (χ1n) is 7.29. The zero-order valence-corrected chi connectivity index (χ0v) is 13.7. The molecule has 0 saturated carbocycles. The van der Waals surface area contributed by atoms with Crippen molar-refractivity contribution in [2.45, 2.75) is 37.0 Å². The fourth-order valence-electron chi connectivity index (χ4n) is 1.92. The number of thioether (sulfide) groups is 1. The number of carbonyl (C=O) groups is 1. The van der Waals surface area contributed by atoms with E-state index in [-0.39, 0.29) is 10.9 Å². The van der Waals surface area contributed by atoms with E-state index in [2.05, 4.69) is 27.4 Å². The van der Waals surface area contributed by atoms with Crippen molar-refractivity contribution in [3.63, 3.8) is 0 Å². The number of anilines is 1. The van der Waals surface area contributed by atoms with Gasteiger partial charge < -0.3 is 5.32 Å². The molecule has 0 aliphatic heterocycles. The average Bonchev–Trinajstić information content (AvgIpc) is 2.54. The number of nitrogens with one attached hydrogen (secondary N) is 3. The number of benzene rings is 1. The normalized spacial score (nSPS) is 11.9. The van der Waals surface area contributed by atoms with Gasteiger partial charge in [0.25, 0.3) is 5.56 Å². The fourth-order valence-corrected chi connectivity index (χ4v) is 2.78. The summed E-state index contributed by atoms with van der Waals surface area (Å²) >= 11 is 1.02. The van der Waals surface area contributed by atoms with E-state index in [1.54, 1.807) is 0 Å². The van der Waals surface area contributed by atoms with Crippen molar-refractivity contribution in [1.82, 2.24) is 15.2 Å². The van der Waals surface area contributed by atoms with Crippen LogP contribution in [0, 0.1) is 0 Å². The minimum absolute atomic E-state index is 0.0629. The standard InChI is InChI=1S/C15H18N4O3S/c1-3-9-5-7-10(8-6-9)16-12(20)11(4-2)23-14-13(21)17-15(22)19-18-14/h5-8,11H,3-4H2,1-2H3,(H,16,20)(H2,17,19,21,22). The number of nitrogens with zero attached hydrogens (tertiary/aromatic N) is 1. The van der Waals surface area contributed by atoms with Crippen LogP contribution in [0.15, 0.2) is 38.9 Å². The Morgan fingerprint density at radius 3 is 2.52 bits per heavy atom. The number of H-pyrrole nitrogens is 2. The first kappa shape index (κ1) is 17.0. The highest BCUT2D eigenvalue weighted by molar-refractivity contribution is 8.00. The molecule has 8 heteroatoms. The van der Waals surface area contributed by atoms with Crippen LogP contribution in [0.4, 0.5) is 5.69 Å². The number of hydrogen-bond acceptors (Lipinski definition) is 5. The molecule has 0 aliphatic rings. The van der Waals surface area contributed by atoms with Gasteiger partial charge in [0.1, 0.15) is 0 Å². The van der Waals surface area contributed by atoms with Gasteiger partial charge in [-0.1, -0.05) is 37.7 Å². The number of amides is 1. The lowest BCUT2D eigenvalue weighted by Gasteiger charge is -2.13. The zero-order chi connectivity index (χ0) is 16.8. The lowest BCUT2D eigenvalue weighted by atomic mass is 10.1. The summed E-state index contributed by atoms with van der Waals surface area (Å²) in [5, 5.41) is 8.24. The number of aryl methyl sites for hydroxylation is 1. The molecule has 0 saturated heterocycles. The van der Waals surface area contributed by atoms with E-state index in [1.165, 1.54) is 5.56 Å². The van der Waals surface area contributed by atoms with E-state index < -0.39 is 16.5 Å². The molecule has 1 atom stereocenters. The Morgan fingerprint density at radius 1 is 1.26 bits per heavy atom. The van der Waals surface area contributed by atoms with Crippen molar-refractivity contribution in [2.24, 2.45) is 0 Å². The van der Waals surface area contributed by atoms with Crippen molar-refractivity contribution in [1.29, 1.82) is 0 Å². The largest absolute Gasteiger partial charge is 0.342 e. The van der Waals surface area contributed by atoms with Crippen molar-refractivity contribution in [3.05, 3.63) is 50.7 Å². The molecule has 3 N–H and O–H groups in total. The van der Waals surface area contributed by atoms with Gasteiger partial charge in [0, 0.05) is 5.69 Å². The summed E-state index contributed by atoms with van der Waals surface area (Å²) in [4.78, 5) is 37.0. The van der Waals surface area contributed by atoms with E-state index in [1.807, 2.05) is 31.2 Å². The molecule has 0 aliphatic carbocycles. The molecule has 0 radical (unpaired) electrons. The Morgan fingerprint density at radius 2 is 1.96 bits per heavy atom. The first-order chi connectivity index (χ1) is 11.0. The molecule has 1 heterocycles. The molecule has 2 rings (SSSR count). The van der Waals surface area contributed by atoms with Crippen LogP contribution < -0.4 is 16.6 Å². The van der Waals surface area contributed by atoms with E-state index in [0.717, 1.165) is 18.2 Å². The summed E-state index contributed by atoms with van der Waals surface area (Å²) in [5.41, 5.74) is 0.619. The van der Waals surface area contributed by atoms with Gasteiger partial charge in [0.15, 0.2) is 5.03 Å². The van der Waals surface area contributed by atoms with Gasteiger partial charge in [-0.3, -0.25) is 14.6 Å². The Bertz CT molecular complexity index is 782. The summed E-state index contributed by atoms with van der Waals surface area (Å²) in [6.45, 7) is 3.91. The maximum absolute atomic E-state index is 12.3. The molecule has 0 fully saturated rings. The first-order valence-corrected chi connectivity index (χ1v) is 8.17. The van der Waals surface area contributed by atoms with Gasteiger partial charge in [0.2, 0.25) is 5.91 Å². The van der Waals surface area contributed by atoms with Crippen molar-refractivity contribution >= 4 is 23.4 Å². The van der Waals surface area contributed by atoms with Crippen LogP contribution in [-0.4, -0.2) is 26.3 Å². The second kappa shape index (κ2) is 7.77.